The van der Waals surface area contributed by atoms with E-state index in [1.54, 1.807) is 6.92 Å². The number of aromatic amines is 1. The number of ether oxygens (including phenoxy) is 2. The number of oxime groups is 1. The van der Waals surface area contributed by atoms with Crippen molar-refractivity contribution in [2.45, 2.75) is 13.3 Å². The van der Waals surface area contributed by atoms with E-state index in [2.05, 4.69) is 20.4 Å². The van der Waals surface area contributed by atoms with Crippen molar-refractivity contribution in [2.24, 2.45) is 5.16 Å². The third kappa shape index (κ3) is 5.85. The van der Waals surface area contributed by atoms with E-state index >= 15 is 0 Å². The van der Waals surface area contributed by atoms with Gasteiger partial charge >= 0.3 is 5.97 Å². The molecule has 0 aliphatic heterocycles. The number of carbonyl (C=O) groups is 1. The van der Waals surface area contributed by atoms with E-state index in [1.807, 2.05) is 0 Å². The molecule has 0 saturated carbocycles. The van der Waals surface area contributed by atoms with Crippen molar-refractivity contribution in [1.82, 2.24) is 9.97 Å². The van der Waals surface area contributed by atoms with Gasteiger partial charge in [0.05, 0.1) is 32.0 Å². The number of carbonyl (C=O) groups excluding carboxylic acids is 1. The van der Waals surface area contributed by atoms with Crippen LogP contribution < -0.4 is 16.6 Å². The highest BCUT2D eigenvalue weighted by Gasteiger charge is 2.20. The molecular formula is C13H21N5O6. The van der Waals surface area contributed by atoms with E-state index in [0.717, 1.165) is 0 Å². The van der Waals surface area contributed by atoms with Gasteiger partial charge in [0.1, 0.15) is 5.82 Å². The van der Waals surface area contributed by atoms with Gasteiger partial charge in [-0.2, -0.15) is 4.98 Å². The predicted octanol–water partition coefficient (Wildman–Crippen LogP) is -1.29. The molecule has 0 bridgehead atoms. The van der Waals surface area contributed by atoms with E-state index in [1.165, 1.54) is 0 Å². The van der Waals surface area contributed by atoms with Gasteiger partial charge in [-0.25, -0.2) is 4.79 Å². The summed E-state index contributed by atoms with van der Waals surface area (Å²) in [5.74, 6) is -0.816. The number of nitrogen functional groups attached to an aromatic ring is 1. The van der Waals surface area contributed by atoms with Crippen LogP contribution in [0.25, 0.3) is 0 Å². The minimum absolute atomic E-state index is 0.0622. The summed E-state index contributed by atoms with van der Waals surface area (Å²) in [6, 6.07) is 0. The predicted molar refractivity (Wildman–Crippen MR) is 85.2 cm³/mol. The molecule has 1 rings (SSSR count). The zero-order valence-corrected chi connectivity index (χ0v) is 13.2. The van der Waals surface area contributed by atoms with Gasteiger partial charge in [-0.15, -0.1) is 0 Å². The van der Waals surface area contributed by atoms with Gasteiger partial charge in [0, 0.05) is 13.0 Å². The summed E-state index contributed by atoms with van der Waals surface area (Å²) in [5.41, 5.74) is 4.65. The number of nitrogens with one attached hydrogen (secondary N) is 2. The van der Waals surface area contributed by atoms with Gasteiger partial charge in [-0.1, -0.05) is 5.16 Å². The highest BCUT2D eigenvalue weighted by molar-refractivity contribution is 6.36. The quantitative estimate of drug-likeness (QED) is 0.114. The molecule has 0 spiro atoms. The van der Waals surface area contributed by atoms with E-state index in [9.17, 15) is 9.59 Å². The van der Waals surface area contributed by atoms with Crippen molar-refractivity contribution < 1.29 is 24.6 Å². The van der Waals surface area contributed by atoms with Crippen molar-refractivity contribution in [2.75, 3.05) is 44.0 Å². The van der Waals surface area contributed by atoms with Crippen LogP contribution in [0.3, 0.4) is 0 Å². The second kappa shape index (κ2) is 10.2. The van der Waals surface area contributed by atoms with Gasteiger partial charge in [0.25, 0.3) is 5.56 Å². The van der Waals surface area contributed by atoms with Crippen molar-refractivity contribution in [3.63, 3.8) is 0 Å². The van der Waals surface area contributed by atoms with Crippen LogP contribution in [0.5, 0.6) is 0 Å². The minimum atomic E-state index is -0.839. The van der Waals surface area contributed by atoms with Crippen molar-refractivity contribution in [3.05, 3.63) is 15.9 Å². The first-order valence-electron chi connectivity index (χ1n) is 7.22. The number of aliphatic hydroxyl groups excluding tert-OH is 1. The van der Waals surface area contributed by atoms with Gasteiger partial charge in [0.15, 0.2) is 5.71 Å². The summed E-state index contributed by atoms with van der Waals surface area (Å²) in [6.45, 7) is 2.33. The van der Waals surface area contributed by atoms with E-state index in [-0.39, 0.29) is 62.4 Å². The van der Waals surface area contributed by atoms with Crippen molar-refractivity contribution in [3.8, 4) is 0 Å². The molecule has 1 aromatic rings. The number of hydrogen-bond donors (Lipinski definition) is 5. The van der Waals surface area contributed by atoms with Crippen LogP contribution >= 0.6 is 0 Å². The molecule has 0 aliphatic rings. The zero-order valence-electron chi connectivity index (χ0n) is 13.2. The standard InChI is InChI=1S/C13H21N5O6/c1-2-24-12(21)9(18-22)7-8-10(15-3-5-23-6-4-19)16-13(14)17-11(8)20/h19,22H,2-7H2,1H3,(H4,14,15,16,17,20)/b18-9+. The lowest BCUT2D eigenvalue weighted by Gasteiger charge is -2.11. The Hall–Kier alpha value is -2.66. The largest absolute Gasteiger partial charge is 0.461 e. The van der Waals surface area contributed by atoms with Crippen LogP contribution in [0, 0.1) is 0 Å². The van der Waals surface area contributed by atoms with E-state index in [4.69, 9.17) is 25.5 Å². The third-order valence-corrected chi connectivity index (χ3v) is 2.78. The van der Waals surface area contributed by atoms with Gasteiger partial charge in [-0.3, -0.25) is 9.78 Å². The van der Waals surface area contributed by atoms with Crippen molar-refractivity contribution >= 4 is 23.4 Å². The van der Waals surface area contributed by atoms with Crippen LogP contribution in [-0.4, -0.2) is 64.9 Å². The number of aromatic nitrogens is 2. The van der Waals surface area contributed by atoms with Gasteiger partial charge in [0.2, 0.25) is 5.95 Å². The molecule has 0 aliphatic carbocycles. The molecular weight excluding hydrogens is 322 g/mol. The molecule has 134 valence electrons. The zero-order chi connectivity index (χ0) is 17.9. The molecule has 0 unspecified atom stereocenters. The second-order valence-electron chi connectivity index (χ2n) is 4.49. The Morgan fingerprint density at radius 2 is 2.21 bits per heavy atom. The van der Waals surface area contributed by atoms with Crippen LogP contribution in [0.4, 0.5) is 11.8 Å². The SMILES string of the molecule is CCOC(=O)/C(Cc1c(NCCOCCO)nc(N)[nH]c1=O)=N/O. The highest BCUT2D eigenvalue weighted by atomic mass is 16.5. The maximum atomic E-state index is 12.1. The fourth-order valence-corrected chi connectivity index (χ4v) is 1.76. The average Bonchev–Trinajstić information content (AvgIpc) is 2.54. The maximum absolute atomic E-state index is 12.1. The average molecular weight is 343 g/mol. The van der Waals surface area contributed by atoms with Crippen LogP contribution in [0.15, 0.2) is 9.95 Å². The number of nitrogens with zero attached hydrogens (tertiary/aromatic N) is 2. The number of H-pyrrole nitrogens is 1. The summed E-state index contributed by atoms with van der Waals surface area (Å²) < 4.78 is 9.83. The number of rotatable bonds is 10. The maximum Gasteiger partial charge on any atom is 0.356 e. The van der Waals surface area contributed by atoms with E-state index in [0.29, 0.717) is 0 Å². The lowest BCUT2D eigenvalue weighted by Crippen LogP contribution is -2.27. The summed E-state index contributed by atoms with van der Waals surface area (Å²) in [4.78, 5) is 30.0. The number of nitrogens with two attached hydrogens (primary N) is 1. The Balaban J connectivity index is 2.92. The van der Waals surface area contributed by atoms with Crippen LogP contribution in [0.1, 0.15) is 12.5 Å². The molecule has 24 heavy (non-hydrogen) atoms. The summed E-state index contributed by atoms with van der Waals surface area (Å²) in [6.07, 6.45) is -0.294. The Labute approximate surface area is 137 Å². The normalized spacial score (nSPS) is 11.3. The van der Waals surface area contributed by atoms with Crippen LogP contribution in [0.2, 0.25) is 0 Å². The molecule has 0 amide bonds. The molecule has 6 N–H and O–H groups in total. The highest BCUT2D eigenvalue weighted by Crippen LogP contribution is 2.10. The van der Waals surface area contributed by atoms with Gasteiger partial charge < -0.3 is 30.8 Å². The molecule has 0 radical (unpaired) electrons. The minimum Gasteiger partial charge on any atom is -0.461 e. The monoisotopic (exact) mass is 343 g/mol. The molecule has 1 heterocycles. The molecule has 0 atom stereocenters. The summed E-state index contributed by atoms with van der Waals surface area (Å²) >= 11 is 0. The lowest BCUT2D eigenvalue weighted by molar-refractivity contribution is -0.135. The Morgan fingerprint density at radius 3 is 2.83 bits per heavy atom. The Morgan fingerprint density at radius 1 is 1.46 bits per heavy atom. The Kier molecular flexibility index (Phi) is 8.22. The van der Waals surface area contributed by atoms with Crippen LogP contribution in [-0.2, 0) is 20.7 Å². The smallest absolute Gasteiger partial charge is 0.356 e. The molecule has 1 aromatic heterocycles. The van der Waals surface area contributed by atoms with E-state index < -0.39 is 11.5 Å². The third-order valence-electron chi connectivity index (χ3n) is 2.78. The van der Waals surface area contributed by atoms with Crippen molar-refractivity contribution in [1.29, 1.82) is 0 Å². The number of aliphatic hydroxyl groups is 1. The fourth-order valence-electron chi connectivity index (χ4n) is 1.76. The number of esters is 1. The number of hydrogen-bond acceptors (Lipinski definition) is 10. The lowest BCUT2D eigenvalue weighted by atomic mass is 10.1. The molecule has 0 fully saturated rings. The first kappa shape index (κ1) is 19.4. The topological polar surface area (TPSA) is 172 Å². The molecule has 11 heteroatoms. The first-order valence-corrected chi connectivity index (χ1v) is 7.22. The first-order chi connectivity index (χ1) is 11.5. The summed E-state index contributed by atoms with van der Waals surface area (Å²) in [5, 5.41) is 23.3. The Bertz CT molecular complexity index is 630. The molecule has 11 nitrogen and oxygen atoms in total. The summed E-state index contributed by atoms with van der Waals surface area (Å²) in [7, 11) is 0. The molecule has 0 saturated heterocycles. The number of anilines is 2. The van der Waals surface area contributed by atoms with Gasteiger partial charge in [-0.05, 0) is 6.92 Å². The fraction of sp³-hybridized carbons (Fsp3) is 0.538. The second-order valence-corrected chi connectivity index (χ2v) is 4.49. The molecule has 0 aromatic carbocycles.